The van der Waals surface area contributed by atoms with Crippen molar-refractivity contribution in [1.29, 1.82) is 0 Å². The van der Waals surface area contributed by atoms with Crippen LogP contribution in [0.15, 0.2) is 24.3 Å². The third-order valence-electron chi connectivity index (χ3n) is 3.85. The van der Waals surface area contributed by atoms with E-state index in [2.05, 4.69) is 0 Å². The van der Waals surface area contributed by atoms with Crippen molar-refractivity contribution in [3.63, 3.8) is 0 Å². The second kappa shape index (κ2) is 6.15. The third-order valence-corrected chi connectivity index (χ3v) is 3.85. The number of hydrogen-bond donors (Lipinski definition) is 1. The Morgan fingerprint density at radius 3 is 2.95 bits per heavy atom. The number of carbonyl (C=O) groups is 1. The molecule has 2 unspecified atom stereocenters. The Balaban J connectivity index is 2.26. The van der Waals surface area contributed by atoms with Crippen LogP contribution in [0.25, 0.3) is 0 Å². The van der Waals surface area contributed by atoms with Gasteiger partial charge in [-0.2, -0.15) is 0 Å². The summed E-state index contributed by atoms with van der Waals surface area (Å²) in [5.74, 6) is -1.03. The molecule has 0 aliphatic carbocycles. The van der Waals surface area contributed by atoms with Crippen LogP contribution in [-0.2, 0) is 4.79 Å². The molecule has 1 fully saturated rings. The molecule has 1 aromatic rings. The van der Waals surface area contributed by atoms with E-state index >= 15 is 0 Å². The first-order valence-electron chi connectivity index (χ1n) is 6.87. The van der Waals surface area contributed by atoms with Crippen LogP contribution in [0, 0.1) is 5.82 Å². The van der Waals surface area contributed by atoms with Gasteiger partial charge in [0.15, 0.2) is 0 Å². The molecule has 1 aliphatic heterocycles. The molecule has 104 valence electrons. The molecule has 0 radical (unpaired) electrons. The van der Waals surface area contributed by atoms with Crippen molar-refractivity contribution in [2.45, 2.75) is 44.7 Å². The van der Waals surface area contributed by atoms with Crippen molar-refractivity contribution in [2.75, 3.05) is 6.54 Å². The highest BCUT2D eigenvalue weighted by Crippen LogP contribution is 2.31. The summed E-state index contributed by atoms with van der Waals surface area (Å²) in [6.07, 6.45) is 3.43. The Kier molecular flexibility index (Phi) is 4.53. The zero-order chi connectivity index (χ0) is 13.8. The van der Waals surface area contributed by atoms with Crippen molar-refractivity contribution < 1.29 is 14.3 Å². The highest BCUT2D eigenvalue weighted by molar-refractivity contribution is 5.73. The van der Waals surface area contributed by atoms with E-state index in [9.17, 15) is 14.3 Å². The first-order chi connectivity index (χ1) is 9.13. The van der Waals surface area contributed by atoms with Crippen molar-refractivity contribution in [2.24, 2.45) is 0 Å². The van der Waals surface area contributed by atoms with Crippen LogP contribution >= 0.6 is 0 Å². The van der Waals surface area contributed by atoms with Crippen LogP contribution in [0.2, 0.25) is 0 Å². The number of benzene rings is 1. The number of hydrogen-bond acceptors (Lipinski definition) is 2. The molecular formula is C15H20FNO2. The molecule has 0 amide bonds. The summed E-state index contributed by atoms with van der Waals surface area (Å²) in [7, 11) is 0. The molecule has 1 aromatic carbocycles. The fraction of sp³-hybridized carbons (Fsp3) is 0.533. The fourth-order valence-corrected chi connectivity index (χ4v) is 2.97. The van der Waals surface area contributed by atoms with Gasteiger partial charge in [-0.3, -0.25) is 9.69 Å². The molecule has 2 rings (SSSR count). The summed E-state index contributed by atoms with van der Waals surface area (Å²) in [6, 6.07) is 6.04. The van der Waals surface area contributed by atoms with Gasteiger partial charge in [0.2, 0.25) is 0 Å². The van der Waals surface area contributed by atoms with Gasteiger partial charge in [0.05, 0.1) is 0 Å². The molecular weight excluding hydrogens is 245 g/mol. The normalized spacial score (nSPS) is 22.1. The average Bonchev–Trinajstić information content (AvgIpc) is 2.40. The summed E-state index contributed by atoms with van der Waals surface area (Å²) in [5.41, 5.74) is 0.871. The van der Waals surface area contributed by atoms with Crippen LogP contribution < -0.4 is 0 Å². The SMILES string of the molecule is CCC(c1cccc(F)c1)N1CCCCC1C(=O)O. The maximum atomic E-state index is 13.4. The molecule has 1 N–H and O–H groups in total. The number of carboxylic acids is 1. The zero-order valence-electron chi connectivity index (χ0n) is 11.2. The fourth-order valence-electron chi connectivity index (χ4n) is 2.97. The third kappa shape index (κ3) is 3.13. The minimum Gasteiger partial charge on any atom is -0.480 e. The molecule has 2 atom stereocenters. The monoisotopic (exact) mass is 265 g/mol. The lowest BCUT2D eigenvalue weighted by Gasteiger charge is -2.39. The first-order valence-corrected chi connectivity index (χ1v) is 6.87. The lowest BCUT2D eigenvalue weighted by molar-refractivity contribution is -0.146. The average molecular weight is 265 g/mol. The number of halogens is 1. The predicted octanol–water partition coefficient (Wildman–Crippen LogP) is 3.22. The summed E-state index contributed by atoms with van der Waals surface area (Å²) in [4.78, 5) is 13.4. The lowest BCUT2D eigenvalue weighted by Crippen LogP contribution is -2.46. The summed E-state index contributed by atoms with van der Waals surface area (Å²) in [6.45, 7) is 2.79. The summed E-state index contributed by atoms with van der Waals surface area (Å²) >= 11 is 0. The maximum Gasteiger partial charge on any atom is 0.320 e. The Labute approximate surface area is 113 Å². The predicted molar refractivity (Wildman–Crippen MR) is 71.4 cm³/mol. The standard InChI is InChI=1S/C15H20FNO2/c1-2-13(11-6-5-7-12(16)10-11)17-9-4-3-8-14(17)15(18)19/h5-7,10,13-14H,2-4,8-9H2,1H3,(H,18,19). The molecule has 3 nitrogen and oxygen atoms in total. The van der Waals surface area contributed by atoms with Crippen LogP contribution in [0.4, 0.5) is 4.39 Å². The Morgan fingerprint density at radius 2 is 2.32 bits per heavy atom. The van der Waals surface area contributed by atoms with Gasteiger partial charge in [0, 0.05) is 6.04 Å². The van der Waals surface area contributed by atoms with Gasteiger partial charge in [-0.1, -0.05) is 25.5 Å². The molecule has 0 saturated carbocycles. The number of likely N-dealkylation sites (tertiary alicyclic amines) is 1. The molecule has 1 heterocycles. The van der Waals surface area contributed by atoms with Gasteiger partial charge in [0.1, 0.15) is 11.9 Å². The van der Waals surface area contributed by atoms with Gasteiger partial charge < -0.3 is 5.11 Å². The van der Waals surface area contributed by atoms with Crippen molar-refractivity contribution in [3.05, 3.63) is 35.6 Å². The van der Waals surface area contributed by atoms with E-state index in [4.69, 9.17) is 0 Å². The number of carboxylic acid groups (broad SMARTS) is 1. The van der Waals surface area contributed by atoms with Crippen LogP contribution in [0.5, 0.6) is 0 Å². The van der Waals surface area contributed by atoms with Gasteiger partial charge >= 0.3 is 5.97 Å². The van der Waals surface area contributed by atoms with Crippen molar-refractivity contribution >= 4 is 5.97 Å². The minimum absolute atomic E-state index is 0.0166. The first kappa shape index (κ1) is 14.0. The van der Waals surface area contributed by atoms with Gasteiger partial charge in [0.25, 0.3) is 0 Å². The van der Waals surface area contributed by atoms with Gasteiger partial charge in [-0.25, -0.2) is 4.39 Å². The molecule has 4 heteroatoms. The quantitative estimate of drug-likeness (QED) is 0.908. The van der Waals surface area contributed by atoms with E-state index in [0.717, 1.165) is 31.4 Å². The molecule has 0 spiro atoms. The summed E-state index contributed by atoms with van der Waals surface area (Å²) in [5, 5.41) is 9.34. The largest absolute Gasteiger partial charge is 0.480 e. The number of piperidine rings is 1. The topological polar surface area (TPSA) is 40.5 Å². The number of aliphatic carboxylic acids is 1. The minimum atomic E-state index is -0.769. The van der Waals surface area contributed by atoms with E-state index in [1.807, 2.05) is 17.9 Å². The second-order valence-corrected chi connectivity index (χ2v) is 5.07. The summed E-state index contributed by atoms with van der Waals surface area (Å²) < 4.78 is 13.4. The van der Waals surface area contributed by atoms with Gasteiger partial charge in [-0.05, 0) is 43.5 Å². The molecule has 1 saturated heterocycles. The zero-order valence-corrected chi connectivity index (χ0v) is 11.2. The van der Waals surface area contributed by atoms with Crippen molar-refractivity contribution in [3.8, 4) is 0 Å². The highest BCUT2D eigenvalue weighted by atomic mass is 19.1. The highest BCUT2D eigenvalue weighted by Gasteiger charge is 2.33. The maximum absolute atomic E-state index is 13.4. The van der Waals surface area contributed by atoms with E-state index in [1.165, 1.54) is 12.1 Å². The van der Waals surface area contributed by atoms with E-state index in [0.29, 0.717) is 6.42 Å². The number of rotatable bonds is 4. The lowest BCUT2D eigenvalue weighted by atomic mass is 9.95. The van der Waals surface area contributed by atoms with Crippen molar-refractivity contribution in [1.82, 2.24) is 4.90 Å². The van der Waals surface area contributed by atoms with E-state index < -0.39 is 12.0 Å². The molecule has 0 aromatic heterocycles. The van der Waals surface area contributed by atoms with Crippen LogP contribution in [0.3, 0.4) is 0 Å². The van der Waals surface area contributed by atoms with Crippen LogP contribution in [0.1, 0.15) is 44.2 Å². The van der Waals surface area contributed by atoms with Crippen LogP contribution in [-0.4, -0.2) is 28.6 Å². The Bertz CT molecular complexity index is 450. The Hall–Kier alpha value is -1.42. The smallest absolute Gasteiger partial charge is 0.320 e. The number of nitrogens with zero attached hydrogens (tertiary/aromatic N) is 1. The van der Waals surface area contributed by atoms with E-state index in [-0.39, 0.29) is 11.9 Å². The Morgan fingerprint density at radius 1 is 1.53 bits per heavy atom. The molecule has 19 heavy (non-hydrogen) atoms. The van der Waals surface area contributed by atoms with E-state index in [1.54, 1.807) is 6.07 Å². The molecule has 0 bridgehead atoms. The second-order valence-electron chi connectivity index (χ2n) is 5.07. The molecule has 1 aliphatic rings. The van der Waals surface area contributed by atoms with Gasteiger partial charge in [-0.15, -0.1) is 0 Å².